The third kappa shape index (κ3) is 5.42. The van der Waals surface area contributed by atoms with Gasteiger partial charge in [0.25, 0.3) is 0 Å². The van der Waals surface area contributed by atoms with Crippen LogP contribution in [0.3, 0.4) is 0 Å². The number of anilines is 2. The normalized spacial score (nSPS) is 10.0. The van der Waals surface area contributed by atoms with E-state index in [1.807, 2.05) is 19.9 Å². The van der Waals surface area contributed by atoms with Crippen molar-refractivity contribution in [2.24, 2.45) is 0 Å². The van der Waals surface area contributed by atoms with Crippen LogP contribution in [0.5, 0.6) is 0 Å². The summed E-state index contributed by atoms with van der Waals surface area (Å²) in [4.78, 5) is 35.3. The molecule has 0 aliphatic heterocycles. The van der Waals surface area contributed by atoms with E-state index < -0.39 is 23.5 Å². The van der Waals surface area contributed by atoms with Gasteiger partial charge in [-0.2, -0.15) is 0 Å². The number of hydrogen-bond donors (Lipinski definition) is 3. The first-order valence-electron chi connectivity index (χ1n) is 7.57. The molecular formula is C18H18FN3O3. The molecule has 0 aliphatic rings. The van der Waals surface area contributed by atoms with Crippen LogP contribution in [-0.2, 0) is 14.4 Å². The lowest BCUT2D eigenvalue weighted by Gasteiger charge is -2.09. The average Bonchev–Trinajstić information content (AvgIpc) is 2.58. The van der Waals surface area contributed by atoms with E-state index >= 15 is 0 Å². The minimum absolute atomic E-state index is 0.378. The fourth-order valence-corrected chi connectivity index (χ4v) is 1.99. The highest BCUT2D eigenvalue weighted by atomic mass is 19.1. The molecule has 0 spiro atoms. The number of carbonyl (C=O) groups is 3. The van der Waals surface area contributed by atoms with Crippen LogP contribution >= 0.6 is 0 Å². The van der Waals surface area contributed by atoms with E-state index in [1.54, 1.807) is 12.1 Å². The van der Waals surface area contributed by atoms with Gasteiger partial charge in [0.15, 0.2) is 0 Å². The Morgan fingerprint density at radius 1 is 0.840 bits per heavy atom. The number of benzene rings is 2. The number of carbonyl (C=O) groups excluding carboxylic acids is 3. The van der Waals surface area contributed by atoms with Crippen molar-refractivity contribution in [3.8, 4) is 0 Å². The van der Waals surface area contributed by atoms with Crippen LogP contribution in [0, 0.1) is 19.7 Å². The van der Waals surface area contributed by atoms with Gasteiger partial charge in [0, 0.05) is 11.4 Å². The molecule has 7 heteroatoms. The fraction of sp³-hybridized carbons (Fsp3) is 0.167. The Morgan fingerprint density at radius 3 is 2.12 bits per heavy atom. The van der Waals surface area contributed by atoms with Crippen molar-refractivity contribution in [3.05, 3.63) is 59.4 Å². The predicted molar refractivity (Wildman–Crippen MR) is 92.6 cm³/mol. The van der Waals surface area contributed by atoms with Crippen LogP contribution in [0.4, 0.5) is 15.8 Å². The van der Waals surface area contributed by atoms with Gasteiger partial charge in [0.2, 0.25) is 5.91 Å². The predicted octanol–water partition coefficient (Wildman–Crippen LogP) is 2.14. The molecule has 0 bridgehead atoms. The molecule has 0 aliphatic carbocycles. The van der Waals surface area contributed by atoms with Crippen molar-refractivity contribution in [1.29, 1.82) is 0 Å². The second-order valence-electron chi connectivity index (χ2n) is 5.49. The number of nitrogens with one attached hydrogen (secondary N) is 3. The maximum atomic E-state index is 12.8. The standard InChI is InChI=1S/C18H18FN3O3/c1-11-3-6-15(9-12(11)2)22-18(25)17(24)20-10-16(23)21-14-7-4-13(19)5-8-14/h3-9H,10H2,1-2H3,(H,20,24)(H,21,23)(H,22,25). The minimum atomic E-state index is -0.924. The topological polar surface area (TPSA) is 87.3 Å². The first kappa shape index (κ1) is 18.1. The van der Waals surface area contributed by atoms with Crippen LogP contribution in [0.25, 0.3) is 0 Å². The van der Waals surface area contributed by atoms with Gasteiger partial charge in [-0.15, -0.1) is 0 Å². The van der Waals surface area contributed by atoms with E-state index in [2.05, 4.69) is 16.0 Å². The Labute approximate surface area is 144 Å². The molecule has 0 saturated carbocycles. The highest BCUT2D eigenvalue weighted by Gasteiger charge is 2.15. The van der Waals surface area contributed by atoms with Crippen LogP contribution in [-0.4, -0.2) is 24.3 Å². The number of amides is 3. The van der Waals surface area contributed by atoms with Crippen molar-refractivity contribution in [3.63, 3.8) is 0 Å². The van der Waals surface area contributed by atoms with Gasteiger partial charge in [-0.05, 0) is 61.4 Å². The van der Waals surface area contributed by atoms with Crippen molar-refractivity contribution >= 4 is 29.1 Å². The summed E-state index contributed by atoms with van der Waals surface area (Å²) in [5.41, 5.74) is 2.94. The number of rotatable bonds is 4. The van der Waals surface area contributed by atoms with Crippen LogP contribution < -0.4 is 16.0 Å². The highest BCUT2D eigenvalue weighted by molar-refractivity contribution is 6.39. The van der Waals surface area contributed by atoms with Gasteiger partial charge < -0.3 is 16.0 Å². The maximum absolute atomic E-state index is 12.8. The lowest BCUT2D eigenvalue weighted by atomic mass is 10.1. The molecule has 0 saturated heterocycles. The van der Waals surface area contributed by atoms with Gasteiger partial charge in [-0.25, -0.2) is 4.39 Å². The Hall–Kier alpha value is -3.22. The van der Waals surface area contributed by atoms with Crippen molar-refractivity contribution in [2.45, 2.75) is 13.8 Å². The molecule has 3 amide bonds. The Balaban J connectivity index is 1.82. The van der Waals surface area contributed by atoms with E-state index in [1.165, 1.54) is 24.3 Å². The lowest BCUT2D eigenvalue weighted by molar-refractivity contribution is -0.136. The summed E-state index contributed by atoms with van der Waals surface area (Å²) < 4.78 is 12.8. The minimum Gasteiger partial charge on any atom is -0.339 e. The summed E-state index contributed by atoms with van der Waals surface area (Å²) in [5, 5.41) is 7.16. The second-order valence-corrected chi connectivity index (χ2v) is 5.49. The smallest absolute Gasteiger partial charge is 0.313 e. The first-order valence-corrected chi connectivity index (χ1v) is 7.57. The third-order valence-corrected chi connectivity index (χ3v) is 3.51. The van der Waals surface area contributed by atoms with Crippen molar-refractivity contribution in [2.75, 3.05) is 17.2 Å². The van der Waals surface area contributed by atoms with E-state index in [4.69, 9.17) is 0 Å². The largest absolute Gasteiger partial charge is 0.339 e. The Morgan fingerprint density at radius 2 is 1.48 bits per heavy atom. The summed E-state index contributed by atoms with van der Waals surface area (Å²) >= 11 is 0. The number of hydrogen-bond acceptors (Lipinski definition) is 3. The Kier molecular flexibility index (Phi) is 5.84. The molecule has 2 aromatic rings. The molecule has 2 aromatic carbocycles. The van der Waals surface area contributed by atoms with Crippen molar-refractivity contribution < 1.29 is 18.8 Å². The summed E-state index contributed by atoms with van der Waals surface area (Å²) in [5.74, 6) is -2.74. The molecule has 6 nitrogen and oxygen atoms in total. The maximum Gasteiger partial charge on any atom is 0.313 e. The first-order chi connectivity index (χ1) is 11.8. The zero-order chi connectivity index (χ0) is 18.4. The molecule has 3 N–H and O–H groups in total. The molecular weight excluding hydrogens is 325 g/mol. The molecule has 25 heavy (non-hydrogen) atoms. The molecule has 0 atom stereocenters. The molecule has 2 rings (SSSR count). The molecule has 130 valence electrons. The molecule has 0 fully saturated rings. The molecule has 0 aromatic heterocycles. The number of aryl methyl sites for hydroxylation is 2. The fourth-order valence-electron chi connectivity index (χ4n) is 1.99. The van der Waals surface area contributed by atoms with E-state index in [0.717, 1.165) is 11.1 Å². The summed E-state index contributed by atoms with van der Waals surface area (Å²) in [6, 6.07) is 10.5. The molecule has 0 radical (unpaired) electrons. The van der Waals surface area contributed by atoms with Gasteiger partial charge in [0.1, 0.15) is 5.82 Å². The van der Waals surface area contributed by atoms with E-state index in [9.17, 15) is 18.8 Å². The SMILES string of the molecule is Cc1ccc(NC(=O)C(=O)NCC(=O)Nc2ccc(F)cc2)cc1C. The number of halogens is 1. The zero-order valence-corrected chi connectivity index (χ0v) is 13.9. The van der Waals surface area contributed by atoms with E-state index in [0.29, 0.717) is 11.4 Å². The van der Waals surface area contributed by atoms with Crippen LogP contribution in [0.2, 0.25) is 0 Å². The second kappa shape index (κ2) is 8.05. The zero-order valence-electron chi connectivity index (χ0n) is 13.9. The van der Waals surface area contributed by atoms with Gasteiger partial charge in [-0.1, -0.05) is 6.07 Å². The van der Waals surface area contributed by atoms with Crippen LogP contribution in [0.15, 0.2) is 42.5 Å². The molecule has 0 unspecified atom stereocenters. The Bertz CT molecular complexity index is 804. The lowest BCUT2D eigenvalue weighted by Crippen LogP contribution is -2.39. The summed E-state index contributed by atoms with van der Waals surface area (Å²) in [6.07, 6.45) is 0. The average molecular weight is 343 g/mol. The van der Waals surface area contributed by atoms with Crippen LogP contribution in [0.1, 0.15) is 11.1 Å². The monoisotopic (exact) mass is 343 g/mol. The van der Waals surface area contributed by atoms with Crippen molar-refractivity contribution in [1.82, 2.24) is 5.32 Å². The van der Waals surface area contributed by atoms with Gasteiger partial charge in [0.05, 0.1) is 6.54 Å². The summed E-state index contributed by atoms with van der Waals surface area (Å²) in [7, 11) is 0. The molecule has 0 heterocycles. The van der Waals surface area contributed by atoms with Gasteiger partial charge in [-0.3, -0.25) is 14.4 Å². The quantitative estimate of drug-likeness (QED) is 0.743. The highest BCUT2D eigenvalue weighted by Crippen LogP contribution is 2.14. The summed E-state index contributed by atoms with van der Waals surface area (Å²) in [6.45, 7) is 3.45. The third-order valence-electron chi connectivity index (χ3n) is 3.51. The van der Waals surface area contributed by atoms with E-state index in [-0.39, 0.29) is 6.54 Å². The van der Waals surface area contributed by atoms with Gasteiger partial charge >= 0.3 is 11.8 Å².